The van der Waals surface area contributed by atoms with Crippen LogP contribution in [0.15, 0.2) is 77.7 Å². The van der Waals surface area contributed by atoms with Gasteiger partial charge in [0.15, 0.2) is 9.84 Å². The van der Waals surface area contributed by atoms with Crippen molar-refractivity contribution < 1.29 is 27.4 Å². The van der Waals surface area contributed by atoms with Gasteiger partial charge in [-0.2, -0.15) is 0 Å². The molecule has 1 aliphatic rings. The Morgan fingerprint density at radius 1 is 1.00 bits per heavy atom. The standard InChI is InChI=1S/C28H29NO6S/c1-19(29-2)15-20-11-13-22(14-12-20)34-18-35-26-10-5-4-9-24(26)27-25(17-33-28(27)30)21-7-6-8-23(16-21)36(3,31)32/h4-14,16,19,29H,15,17-18H2,1-3H3. The van der Waals surface area contributed by atoms with Gasteiger partial charge in [-0.1, -0.05) is 42.5 Å². The molecule has 8 heteroatoms. The summed E-state index contributed by atoms with van der Waals surface area (Å²) < 4.78 is 41.1. The SMILES string of the molecule is CNC(C)Cc1ccc(OCOc2ccccc2C2=C(c3cccc(S(C)(=O)=O)c3)COC2=O)cc1. The predicted molar refractivity (Wildman–Crippen MR) is 139 cm³/mol. The molecule has 0 radical (unpaired) electrons. The van der Waals surface area contributed by atoms with Crippen molar-refractivity contribution in [1.29, 1.82) is 0 Å². The lowest BCUT2D eigenvalue weighted by Crippen LogP contribution is -2.23. The van der Waals surface area contributed by atoms with Crippen LogP contribution in [0.1, 0.15) is 23.6 Å². The average Bonchev–Trinajstić information content (AvgIpc) is 3.26. The topological polar surface area (TPSA) is 90.9 Å². The molecule has 7 nitrogen and oxygen atoms in total. The van der Waals surface area contributed by atoms with E-state index in [1.54, 1.807) is 42.5 Å². The molecule has 3 aromatic rings. The Hall–Kier alpha value is -3.62. The highest BCUT2D eigenvalue weighted by Gasteiger charge is 2.29. The number of carbonyl (C=O) groups is 1. The van der Waals surface area contributed by atoms with Gasteiger partial charge in [0.25, 0.3) is 0 Å². The van der Waals surface area contributed by atoms with E-state index in [-0.39, 0.29) is 18.3 Å². The minimum Gasteiger partial charge on any atom is -0.458 e. The maximum absolute atomic E-state index is 12.7. The van der Waals surface area contributed by atoms with Crippen molar-refractivity contribution in [2.75, 3.05) is 26.7 Å². The van der Waals surface area contributed by atoms with Gasteiger partial charge in [-0.05, 0) is 61.9 Å². The zero-order valence-corrected chi connectivity index (χ0v) is 21.3. The van der Waals surface area contributed by atoms with Crippen molar-refractivity contribution in [3.63, 3.8) is 0 Å². The Morgan fingerprint density at radius 3 is 2.47 bits per heavy atom. The Bertz CT molecular complexity index is 1380. The number of cyclic esters (lactones) is 1. The number of hydrogen-bond donors (Lipinski definition) is 1. The highest BCUT2D eigenvalue weighted by Crippen LogP contribution is 2.37. The van der Waals surface area contributed by atoms with Crippen LogP contribution in [0.4, 0.5) is 0 Å². The lowest BCUT2D eigenvalue weighted by atomic mass is 9.96. The minimum absolute atomic E-state index is 0.0464. The predicted octanol–water partition coefficient (Wildman–Crippen LogP) is 4.12. The molecule has 0 amide bonds. The molecule has 0 spiro atoms. The summed E-state index contributed by atoms with van der Waals surface area (Å²) >= 11 is 0. The fourth-order valence-corrected chi connectivity index (χ4v) is 4.62. The molecule has 0 fully saturated rings. The third kappa shape index (κ3) is 5.95. The van der Waals surface area contributed by atoms with E-state index < -0.39 is 15.8 Å². The van der Waals surface area contributed by atoms with Crippen molar-refractivity contribution in [1.82, 2.24) is 5.32 Å². The second kappa shape index (κ2) is 11.0. The van der Waals surface area contributed by atoms with E-state index in [4.69, 9.17) is 14.2 Å². The van der Waals surface area contributed by atoms with Crippen molar-refractivity contribution in [2.24, 2.45) is 0 Å². The molecule has 3 aromatic carbocycles. The largest absolute Gasteiger partial charge is 0.458 e. The van der Waals surface area contributed by atoms with Crippen LogP contribution in [0, 0.1) is 0 Å². The number of likely N-dealkylation sites (N-methyl/N-ethyl adjacent to an activating group) is 1. The van der Waals surface area contributed by atoms with Gasteiger partial charge in [0.1, 0.15) is 18.1 Å². The number of hydrogen-bond acceptors (Lipinski definition) is 7. The molecule has 1 unspecified atom stereocenters. The Morgan fingerprint density at radius 2 is 1.75 bits per heavy atom. The molecule has 0 saturated carbocycles. The van der Waals surface area contributed by atoms with Crippen LogP contribution in [0.2, 0.25) is 0 Å². The van der Waals surface area contributed by atoms with Crippen molar-refractivity contribution in [3.05, 3.63) is 89.5 Å². The van der Waals surface area contributed by atoms with E-state index in [1.165, 1.54) is 11.6 Å². The van der Waals surface area contributed by atoms with Crippen molar-refractivity contribution >= 4 is 27.0 Å². The minimum atomic E-state index is -3.40. The van der Waals surface area contributed by atoms with Gasteiger partial charge in [0, 0.05) is 23.4 Å². The van der Waals surface area contributed by atoms with Crippen LogP contribution in [0.3, 0.4) is 0 Å². The normalized spacial score (nSPS) is 14.5. The third-order valence-corrected chi connectivity index (χ3v) is 7.13. The van der Waals surface area contributed by atoms with E-state index in [0.29, 0.717) is 39.8 Å². The van der Waals surface area contributed by atoms with Crippen LogP contribution in [0.5, 0.6) is 11.5 Å². The van der Waals surface area contributed by atoms with Gasteiger partial charge in [-0.15, -0.1) is 0 Å². The molecule has 1 aliphatic heterocycles. The first-order valence-electron chi connectivity index (χ1n) is 11.6. The van der Waals surface area contributed by atoms with E-state index in [2.05, 4.69) is 12.2 Å². The molecule has 188 valence electrons. The molecule has 0 aliphatic carbocycles. The molecule has 4 rings (SSSR count). The quantitative estimate of drug-likeness (QED) is 0.326. The number of sulfone groups is 1. The molecular weight excluding hydrogens is 478 g/mol. The van der Waals surface area contributed by atoms with Gasteiger partial charge in [0.2, 0.25) is 6.79 Å². The third-order valence-electron chi connectivity index (χ3n) is 6.02. The van der Waals surface area contributed by atoms with Crippen LogP contribution < -0.4 is 14.8 Å². The number of ether oxygens (including phenoxy) is 3. The maximum Gasteiger partial charge on any atom is 0.339 e. The lowest BCUT2D eigenvalue weighted by molar-refractivity contribution is -0.133. The van der Waals surface area contributed by atoms with Crippen LogP contribution >= 0.6 is 0 Å². The summed E-state index contributed by atoms with van der Waals surface area (Å²) in [4.78, 5) is 12.9. The highest BCUT2D eigenvalue weighted by atomic mass is 32.2. The number of para-hydroxylation sites is 1. The summed E-state index contributed by atoms with van der Waals surface area (Å²) in [5.41, 5.74) is 3.32. The zero-order valence-electron chi connectivity index (χ0n) is 20.5. The van der Waals surface area contributed by atoms with Crippen LogP contribution in [-0.4, -0.2) is 47.1 Å². The number of rotatable bonds is 10. The van der Waals surface area contributed by atoms with Gasteiger partial charge < -0.3 is 19.5 Å². The van der Waals surface area contributed by atoms with Crippen LogP contribution in [-0.2, 0) is 25.8 Å². The Labute approximate surface area is 211 Å². The summed E-state index contributed by atoms with van der Waals surface area (Å²) in [6, 6.07) is 21.9. The van der Waals surface area contributed by atoms with Gasteiger partial charge in [0.05, 0.1) is 10.5 Å². The van der Waals surface area contributed by atoms with E-state index >= 15 is 0 Å². The molecule has 1 atom stereocenters. The van der Waals surface area contributed by atoms with E-state index in [0.717, 1.165) is 12.7 Å². The summed E-state index contributed by atoms with van der Waals surface area (Å²) in [7, 11) is -1.46. The van der Waals surface area contributed by atoms with Crippen molar-refractivity contribution in [3.8, 4) is 11.5 Å². The summed E-state index contributed by atoms with van der Waals surface area (Å²) in [6.45, 7) is 2.12. The second-order valence-electron chi connectivity index (χ2n) is 8.67. The Kier molecular flexibility index (Phi) is 7.76. The molecule has 0 aromatic heterocycles. The van der Waals surface area contributed by atoms with Gasteiger partial charge in [-0.3, -0.25) is 0 Å². The van der Waals surface area contributed by atoms with Gasteiger partial charge in [-0.25, -0.2) is 13.2 Å². The number of esters is 1. The van der Waals surface area contributed by atoms with E-state index in [1.807, 2.05) is 31.3 Å². The number of nitrogens with one attached hydrogen (secondary N) is 1. The lowest BCUT2D eigenvalue weighted by Gasteiger charge is -2.14. The van der Waals surface area contributed by atoms with E-state index in [9.17, 15) is 13.2 Å². The molecule has 0 saturated heterocycles. The molecule has 1 N–H and O–H groups in total. The van der Waals surface area contributed by atoms with Gasteiger partial charge >= 0.3 is 5.97 Å². The average molecular weight is 508 g/mol. The first kappa shape index (κ1) is 25.5. The Balaban J connectivity index is 1.54. The van der Waals surface area contributed by atoms with Crippen LogP contribution in [0.25, 0.3) is 11.1 Å². The maximum atomic E-state index is 12.7. The zero-order chi connectivity index (χ0) is 25.7. The number of benzene rings is 3. The summed E-state index contributed by atoms with van der Waals surface area (Å²) in [5, 5.41) is 3.22. The first-order valence-corrected chi connectivity index (χ1v) is 13.5. The first-order chi connectivity index (χ1) is 17.3. The second-order valence-corrected chi connectivity index (χ2v) is 10.7. The number of carbonyl (C=O) groups excluding carboxylic acids is 1. The molecule has 1 heterocycles. The molecule has 36 heavy (non-hydrogen) atoms. The van der Waals surface area contributed by atoms with Crippen molar-refractivity contribution in [2.45, 2.75) is 24.3 Å². The molecular formula is C28H29NO6S. The summed E-state index contributed by atoms with van der Waals surface area (Å²) in [6.07, 6.45) is 2.07. The summed E-state index contributed by atoms with van der Waals surface area (Å²) in [5.74, 6) is 0.645. The monoisotopic (exact) mass is 507 g/mol. The highest BCUT2D eigenvalue weighted by molar-refractivity contribution is 7.90. The fraction of sp³-hybridized carbons (Fsp3) is 0.250. The smallest absolute Gasteiger partial charge is 0.339 e. The molecule has 0 bridgehead atoms. The fourth-order valence-electron chi connectivity index (χ4n) is 3.96.